The molecular formula is C17H24N2O5. The van der Waals surface area contributed by atoms with Gasteiger partial charge in [0.25, 0.3) is 5.91 Å². The Balaban J connectivity index is 2.41. The Hall–Kier alpha value is -2.57. The first-order chi connectivity index (χ1) is 11.4. The number of ether oxygens (including phenoxy) is 1. The summed E-state index contributed by atoms with van der Waals surface area (Å²) in [6.07, 6.45) is 0.829. The first-order valence-corrected chi connectivity index (χ1v) is 7.88. The van der Waals surface area contributed by atoms with Crippen molar-refractivity contribution in [2.45, 2.75) is 38.6 Å². The van der Waals surface area contributed by atoms with E-state index in [2.05, 4.69) is 10.6 Å². The van der Waals surface area contributed by atoms with Crippen molar-refractivity contribution in [2.75, 3.05) is 13.2 Å². The van der Waals surface area contributed by atoms with Crippen molar-refractivity contribution in [1.29, 1.82) is 0 Å². The van der Waals surface area contributed by atoms with Gasteiger partial charge >= 0.3 is 5.97 Å². The predicted molar refractivity (Wildman–Crippen MR) is 88.7 cm³/mol. The number of para-hydroxylation sites is 1. The molecule has 0 bridgehead atoms. The second-order valence-corrected chi connectivity index (χ2v) is 5.48. The lowest BCUT2D eigenvalue weighted by Gasteiger charge is -2.31. The van der Waals surface area contributed by atoms with Gasteiger partial charge in [-0.3, -0.25) is 14.4 Å². The number of hydrogen-bond donors (Lipinski definition) is 3. The smallest absolute Gasteiger partial charge is 0.305 e. The van der Waals surface area contributed by atoms with Crippen LogP contribution in [0.3, 0.4) is 0 Å². The van der Waals surface area contributed by atoms with Crippen LogP contribution in [0.2, 0.25) is 0 Å². The zero-order valence-corrected chi connectivity index (χ0v) is 14.0. The molecule has 7 nitrogen and oxygen atoms in total. The van der Waals surface area contributed by atoms with Gasteiger partial charge in [-0.25, -0.2) is 0 Å². The zero-order valence-electron chi connectivity index (χ0n) is 14.0. The summed E-state index contributed by atoms with van der Waals surface area (Å²) in [5.41, 5.74) is -0.797. The minimum atomic E-state index is -0.973. The number of carboxylic acid groups (broad SMARTS) is 1. The maximum atomic E-state index is 12.0. The van der Waals surface area contributed by atoms with Gasteiger partial charge < -0.3 is 20.5 Å². The number of hydrogen-bond acceptors (Lipinski definition) is 4. The molecule has 0 spiro atoms. The van der Waals surface area contributed by atoms with Crippen molar-refractivity contribution in [3.8, 4) is 5.75 Å². The fraction of sp³-hybridized carbons (Fsp3) is 0.471. The Bertz CT molecular complexity index is 555. The Morgan fingerprint density at radius 2 is 1.71 bits per heavy atom. The van der Waals surface area contributed by atoms with Crippen LogP contribution in [0.1, 0.15) is 33.1 Å². The number of carbonyl (C=O) groups is 3. The highest BCUT2D eigenvalue weighted by Gasteiger charge is 2.30. The monoisotopic (exact) mass is 336 g/mol. The van der Waals surface area contributed by atoms with E-state index in [1.54, 1.807) is 24.3 Å². The van der Waals surface area contributed by atoms with Crippen molar-refractivity contribution in [2.24, 2.45) is 0 Å². The van der Waals surface area contributed by atoms with Crippen LogP contribution in [-0.2, 0) is 14.4 Å². The van der Waals surface area contributed by atoms with Crippen molar-refractivity contribution in [3.63, 3.8) is 0 Å². The third kappa shape index (κ3) is 6.68. The third-order valence-electron chi connectivity index (χ3n) is 3.81. The van der Waals surface area contributed by atoms with Crippen LogP contribution in [0.25, 0.3) is 0 Å². The summed E-state index contributed by atoms with van der Waals surface area (Å²) in [6, 6.07) is 8.87. The lowest BCUT2D eigenvalue weighted by Crippen LogP contribution is -2.52. The number of amides is 2. The van der Waals surface area contributed by atoms with Gasteiger partial charge in [0.2, 0.25) is 5.91 Å². The maximum absolute atomic E-state index is 12.0. The second-order valence-electron chi connectivity index (χ2n) is 5.48. The molecular weight excluding hydrogens is 312 g/mol. The van der Waals surface area contributed by atoms with Gasteiger partial charge in [0.05, 0.1) is 18.5 Å². The van der Waals surface area contributed by atoms with Crippen molar-refractivity contribution in [1.82, 2.24) is 10.6 Å². The van der Waals surface area contributed by atoms with Gasteiger partial charge in [-0.05, 0) is 25.0 Å². The molecule has 7 heteroatoms. The summed E-state index contributed by atoms with van der Waals surface area (Å²) in [4.78, 5) is 34.6. The normalized spacial score (nSPS) is 10.8. The highest BCUT2D eigenvalue weighted by Crippen LogP contribution is 2.19. The largest absolute Gasteiger partial charge is 0.484 e. The van der Waals surface area contributed by atoms with E-state index in [0.717, 1.165) is 0 Å². The Morgan fingerprint density at radius 1 is 1.08 bits per heavy atom. The summed E-state index contributed by atoms with van der Waals surface area (Å²) in [7, 11) is 0. The van der Waals surface area contributed by atoms with Crippen LogP contribution < -0.4 is 15.4 Å². The van der Waals surface area contributed by atoms with Crippen molar-refractivity contribution in [3.05, 3.63) is 30.3 Å². The highest BCUT2D eigenvalue weighted by atomic mass is 16.5. The molecule has 24 heavy (non-hydrogen) atoms. The molecule has 0 aliphatic heterocycles. The SMILES string of the molecule is CCC(CC)(CC(=O)O)NC(=O)CNC(=O)COc1ccccc1. The molecule has 0 atom stereocenters. The molecule has 0 aliphatic carbocycles. The summed E-state index contributed by atoms with van der Waals surface area (Å²) in [5.74, 6) is -1.26. The van der Waals surface area contributed by atoms with Crippen molar-refractivity contribution < 1.29 is 24.2 Å². The van der Waals surface area contributed by atoms with Gasteiger partial charge in [-0.1, -0.05) is 32.0 Å². The number of benzene rings is 1. The van der Waals surface area contributed by atoms with E-state index in [-0.39, 0.29) is 19.6 Å². The van der Waals surface area contributed by atoms with E-state index in [1.807, 2.05) is 19.9 Å². The third-order valence-corrected chi connectivity index (χ3v) is 3.81. The van der Waals surface area contributed by atoms with E-state index in [9.17, 15) is 14.4 Å². The molecule has 0 aliphatic rings. The second kappa shape index (κ2) is 9.54. The Kier molecular flexibility index (Phi) is 7.74. The molecule has 0 unspecified atom stereocenters. The number of nitrogens with one attached hydrogen (secondary N) is 2. The molecule has 2 amide bonds. The molecule has 0 aromatic heterocycles. The summed E-state index contributed by atoms with van der Waals surface area (Å²) >= 11 is 0. The molecule has 0 fully saturated rings. The van der Waals surface area contributed by atoms with Crippen LogP contribution in [0.15, 0.2) is 30.3 Å². The van der Waals surface area contributed by atoms with E-state index in [0.29, 0.717) is 18.6 Å². The quantitative estimate of drug-likeness (QED) is 0.598. The van der Waals surface area contributed by atoms with E-state index in [1.165, 1.54) is 0 Å². The number of carbonyl (C=O) groups excluding carboxylic acids is 2. The average molecular weight is 336 g/mol. The van der Waals surface area contributed by atoms with Gasteiger partial charge in [0.1, 0.15) is 5.75 Å². The lowest BCUT2D eigenvalue weighted by molar-refractivity contribution is -0.139. The van der Waals surface area contributed by atoms with Gasteiger partial charge in [0, 0.05) is 0 Å². The summed E-state index contributed by atoms with van der Waals surface area (Å²) < 4.78 is 5.27. The average Bonchev–Trinajstić information content (AvgIpc) is 2.58. The highest BCUT2D eigenvalue weighted by molar-refractivity contribution is 5.86. The topological polar surface area (TPSA) is 105 Å². The summed E-state index contributed by atoms with van der Waals surface area (Å²) in [5, 5.41) is 14.2. The van der Waals surface area contributed by atoms with Crippen LogP contribution in [-0.4, -0.2) is 41.6 Å². The van der Waals surface area contributed by atoms with E-state index < -0.39 is 23.3 Å². The standard InChI is InChI=1S/C17H24N2O5/c1-3-17(4-2,10-16(22)23)19-14(20)11-18-15(21)12-24-13-8-6-5-7-9-13/h5-9H,3-4,10-12H2,1-2H3,(H,18,21)(H,19,20)(H,22,23). The molecule has 132 valence electrons. The van der Waals surface area contributed by atoms with Gasteiger partial charge in [-0.15, -0.1) is 0 Å². The molecule has 1 aromatic carbocycles. The van der Waals surface area contributed by atoms with Crippen LogP contribution in [0, 0.1) is 0 Å². The fourth-order valence-corrected chi connectivity index (χ4v) is 2.25. The Morgan fingerprint density at radius 3 is 2.25 bits per heavy atom. The number of rotatable bonds is 10. The van der Waals surface area contributed by atoms with Crippen LogP contribution in [0.5, 0.6) is 5.75 Å². The minimum absolute atomic E-state index is 0.156. The first-order valence-electron chi connectivity index (χ1n) is 7.88. The Labute approximate surface area is 141 Å². The number of aliphatic carboxylic acids is 1. The maximum Gasteiger partial charge on any atom is 0.305 e. The molecule has 0 saturated heterocycles. The molecule has 1 aromatic rings. The minimum Gasteiger partial charge on any atom is -0.484 e. The first kappa shape index (κ1) is 19.5. The zero-order chi connectivity index (χ0) is 18.0. The van der Waals surface area contributed by atoms with Crippen molar-refractivity contribution >= 4 is 17.8 Å². The van der Waals surface area contributed by atoms with Gasteiger partial charge in [0.15, 0.2) is 6.61 Å². The molecule has 0 radical (unpaired) electrons. The van der Waals surface area contributed by atoms with Crippen LogP contribution in [0.4, 0.5) is 0 Å². The predicted octanol–water partition coefficient (Wildman–Crippen LogP) is 1.33. The fourth-order valence-electron chi connectivity index (χ4n) is 2.25. The lowest BCUT2D eigenvalue weighted by atomic mass is 9.89. The van der Waals surface area contributed by atoms with E-state index >= 15 is 0 Å². The molecule has 1 rings (SSSR count). The van der Waals surface area contributed by atoms with Gasteiger partial charge in [-0.2, -0.15) is 0 Å². The molecule has 0 saturated carbocycles. The molecule has 3 N–H and O–H groups in total. The number of carboxylic acids is 1. The molecule has 0 heterocycles. The van der Waals surface area contributed by atoms with Crippen LogP contribution >= 0.6 is 0 Å². The van der Waals surface area contributed by atoms with E-state index in [4.69, 9.17) is 9.84 Å². The summed E-state index contributed by atoms with van der Waals surface area (Å²) in [6.45, 7) is 3.22.